The van der Waals surface area contributed by atoms with Crippen LogP contribution < -0.4 is 0 Å². The van der Waals surface area contributed by atoms with E-state index in [9.17, 15) is 14.3 Å². The molecule has 134 valence electrons. The molecule has 2 aromatic rings. The number of amides is 1. The molecule has 1 aromatic heterocycles. The molecular formula is C19H24FN3O2. The van der Waals surface area contributed by atoms with Crippen LogP contribution in [-0.4, -0.2) is 38.3 Å². The smallest absolute Gasteiger partial charge is 0.247 e. The highest BCUT2D eigenvalue weighted by Crippen LogP contribution is 2.31. The maximum Gasteiger partial charge on any atom is 0.247 e. The van der Waals surface area contributed by atoms with E-state index in [1.54, 1.807) is 21.7 Å². The van der Waals surface area contributed by atoms with Crippen molar-refractivity contribution < 1.29 is 14.3 Å². The third-order valence-corrected chi connectivity index (χ3v) is 4.66. The van der Waals surface area contributed by atoms with Gasteiger partial charge in [0.1, 0.15) is 11.9 Å². The molecule has 0 spiro atoms. The first kappa shape index (κ1) is 17.6. The van der Waals surface area contributed by atoms with Crippen LogP contribution in [-0.2, 0) is 4.79 Å². The molecule has 0 aliphatic heterocycles. The van der Waals surface area contributed by atoms with Gasteiger partial charge in [0.15, 0.2) is 0 Å². The summed E-state index contributed by atoms with van der Waals surface area (Å²) in [6.45, 7) is 5.87. The Hall–Kier alpha value is -2.21. The van der Waals surface area contributed by atoms with Crippen molar-refractivity contribution in [2.24, 2.45) is 0 Å². The van der Waals surface area contributed by atoms with Crippen molar-refractivity contribution in [2.45, 2.75) is 51.8 Å². The predicted molar refractivity (Wildman–Crippen MR) is 92.5 cm³/mol. The molecule has 1 amide bonds. The minimum Gasteiger partial charge on any atom is -0.387 e. The number of hydrogen-bond acceptors (Lipinski definition) is 3. The van der Waals surface area contributed by atoms with Crippen molar-refractivity contribution in [1.29, 1.82) is 0 Å². The number of rotatable bonds is 6. The average Bonchev–Trinajstić information content (AvgIpc) is 3.36. The van der Waals surface area contributed by atoms with Crippen LogP contribution in [0, 0.1) is 19.7 Å². The van der Waals surface area contributed by atoms with Crippen molar-refractivity contribution in [3.63, 3.8) is 0 Å². The Balaban J connectivity index is 1.75. The fourth-order valence-corrected chi connectivity index (χ4v) is 3.16. The molecule has 1 aliphatic carbocycles. The Morgan fingerprint density at radius 1 is 1.36 bits per heavy atom. The van der Waals surface area contributed by atoms with E-state index in [1.165, 1.54) is 12.1 Å². The summed E-state index contributed by atoms with van der Waals surface area (Å²) in [5.74, 6) is -0.390. The largest absolute Gasteiger partial charge is 0.387 e. The molecule has 2 unspecified atom stereocenters. The molecule has 1 fully saturated rings. The number of hydrogen-bond donors (Lipinski definition) is 1. The van der Waals surface area contributed by atoms with Gasteiger partial charge in [-0.2, -0.15) is 5.10 Å². The molecule has 0 radical (unpaired) electrons. The molecule has 2 atom stereocenters. The lowest BCUT2D eigenvalue weighted by Gasteiger charge is -2.28. The quantitative estimate of drug-likeness (QED) is 0.876. The van der Waals surface area contributed by atoms with E-state index >= 15 is 0 Å². The Kier molecular flexibility index (Phi) is 4.90. The number of aryl methyl sites for hydroxylation is 2. The van der Waals surface area contributed by atoms with Crippen LogP contribution in [0.5, 0.6) is 0 Å². The first-order valence-corrected chi connectivity index (χ1v) is 8.63. The van der Waals surface area contributed by atoms with E-state index in [0.29, 0.717) is 5.56 Å². The molecule has 5 nitrogen and oxygen atoms in total. The molecule has 1 heterocycles. The van der Waals surface area contributed by atoms with Gasteiger partial charge in [-0.15, -0.1) is 0 Å². The lowest BCUT2D eigenvalue weighted by atomic mass is 10.1. The highest BCUT2D eigenvalue weighted by molar-refractivity contribution is 5.80. The van der Waals surface area contributed by atoms with Crippen molar-refractivity contribution >= 4 is 5.91 Å². The fraction of sp³-hybridized carbons (Fsp3) is 0.474. The van der Waals surface area contributed by atoms with Crippen LogP contribution in [0.15, 0.2) is 30.3 Å². The van der Waals surface area contributed by atoms with E-state index in [1.807, 2.05) is 26.8 Å². The second kappa shape index (κ2) is 6.96. The Labute approximate surface area is 147 Å². The molecule has 6 heteroatoms. The van der Waals surface area contributed by atoms with Crippen molar-refractivity contribution in [2.75, 3.05) is 6.54 Å². The third-order valence-electron chi connectivity index (χ3n) is 4.66. The zero-order valence-electron chi connectivity index (χ0n) is 14.8. The van der Waals surface area contributed by atoms with Gasteiger partial charge in [0.25, 0.3) is 0 Å². The number of carbonyl (C=O) groups excluding carboxylic acids is 1. The summed E-state index contributed by atoms with van der Waals surface area (Å²) in [5, 5.41) is 14.9. The van der Waals surface area contributed by atoms with Gasteiger partial charge in [0.05, 0.1) is 18.3 Å². The molecular weight excluding hydrogens is 321 g/mol. The number of halogens is 1. The van der Waals surface area contributed by atoms with Crippen LogP contribution in [0.4, 0.5) is 4.39 Å². The maximum atomic E-state index is 13.1. The molecule has 0 bridgehead atoms. The average molecular weight is 345 g/mol. The summed E-state index contributed by atoms with van der Waals surface area (Å²) < 4.78 is 14.8. The maximum absolute atomic E-state index is 13.1. The Bertz CT molecular complexity index is 753. The van der Waals surface area contributed by atoms with Crippen LogP contribution in [0.2, 0.25) is 0 Å². The lowest BCUT2D eigenvalue weighted by molar-refractivity contribution is -0.136. The second-order valence-corrected chi connectivity index (χ2v) is 6.84. The summed E-state index contributed by atoms with van der Waals surface area (Å²) in [7, 11) is 0. The molecule has 1 N–H and O–H groups in total. The van der Waals surface area contributed by atoms with E-state index in [2.05, 4.69) is 5.10 Å². The molecule has 3 rings (SSSR count). The van der Waals surface area contributed by atoms with Crippen molar-refractivity contribution in [3.8, 4) is 0 Å². The van der Waals surface area contributed by atoms with Gasteiger partial charge in [-0.05, 0) is 57.4 Å². The lowest BCUT2D eigenvalue weighted by Crippen LogP contribution is -2.41. The minimum absolute atomic E-state index is 0.0464. The van der Waals surface area contributed by atoms with Crippen LogP contribution >= 0.6 is 0 Å². The first-order valence-electron chi connectivity index (χ1n) is 8.63. The normalized spacial score (nSPS) is 16.5. The van der Waals surface area contributed by atoms with E-state index < -0.39 is 12.1 Å². The monoisotopic (exact) mass is 345 g/mol. The molecule has 1 saturated carbocycles. The van der Waals surface area contributed by atoms with Gasteiger partial charge in [0, 0.05) is 11.7 Å². The highest BCUT2D eigenvalue weighted by Gasteiger charge is 2.36. The van der Waals surface area contributed by atoms with Crippen molar-refractivity contribution in [1.82, 2.24) is 14.7 Å². The van der Waals surface area contributed by atoms with E-state index in [4.69, 9.17) is 0 Å². The van der Waals surface area contributed by atoms with Gasteiger partial charge in [-0.1, -0.05) is 12.1 Å². The van der Waals surface area contributed by atoms with Gasteiger partial charge < -0.3 is 10.0 Å². The summed E-state index contributed by atoms with van der Waals surface area (Å²) >= 11 is 0. The van der Waals surface area contributed by atoms with Crippen molar-refractivity contribution in [3.05, 3.63) is 53.1 Å². The number of benzene rings is 1. The SMILES string of the molecule is Cc1cc(C)n(C(C)C(=O)N(CC(O)c2ccc(F)cc2)C2CC2)n1. The third kappa shape index (κ3) is 3.90. The van der Waals surface area contributed by atoms with E-state index in [-0.39, 0.29) is 24.3 Å². The summed E-state index contributed by atoms with van der Waals surface area (Å²) in [4.78, 5) is 14.7. The Morgan fingerprint density at radius 3 is 2.52 bits per heavy atom. The first-order chi connectivity index (χ1) is 11.9. The molecule has 0 saturated heterocycles. The predicted octanol–water partition coefficient (Wildman–Crippen LogP) is 2.92. The van der Waals surface area contributed by atoms with E-state index in [0.717, 1.165) is 24.2 Å². The number of aliphatic hydroxyl groups excluding tert-OH is 1. The fourth-order valence-electron chi connectivity index (χ4n) is 3.16. The van der Waals surface area contributed by atoms with Crippen LogP contribution in [0.25, 0.3) is 0 Å². The summed E-state index contributed by atoms with van der Waals surface area (Å²) in [6.07, 6.45) is 1.06. The van der Waals surface area contributed by atoms with Crippen LogP contribution in [0.1, 0.15) is 48.9 Å². The highest BCUT2D eigenvalue weighted by atomic mass is 19.1. The Morgan fingerprint density at radius 2 is 2.00 bits per heavy atom. The summed E-state index contributed by atoms with van der Waals surface area (Å²) in [6, 6.07) is 7.44. The zero-order chi connectivity index (χ0) is 18.1. The number of aromatic nitrogens is 2. The van der Waals surface area contributed by atoms with Gasteiger partial charge >= 0.3 is 0 Å². The number of carbonyl (C=O) groups is 1. The summed E-state index contributed by atoms with van der Waals surface area (Å²) in [5.41, 5.74) is 2.42. The van der Waals surface area contributed by atoms with Gasteiger partial charge in [-0.25, -0.2) is 4.39 Å². The van der Waals surface area contributed by atoms with Crippen LogP contribution in [0.3, 0.4) is 0 Å². The standard InChI is InChI=1S/C19H24FN3O2/c1-12-10-13(2)23(21-12)14(3)19(25)22(17-8-9-17)11-18(24)15-4-6-16(20)7-5-15/h4-7,10,14,17-18,24H,8-9,11H2,1-3H3. The second-order valence-electron chi connectivity index (χ2n) is 6.84. The minimum atomic E-state index is -0.835. The van der Waals surface area contributed by atoms with Gasteiger partial charge in [-0.3, -0.25) is 9.48 Å². The van der Waals surface area contributed by atoms with Gasteiger partial charge in [0.2, 0.25) is 5.91 Å². The molecule has 1 aliphatic rings. The topological polar surface area (TPSA) is 58.4 Å². The zero-order valence-corrected chi connectivity index (χ0v) is 14.8. The molecule has 25 heavy (non-hydrogen) atoms. The molecule has 1 aromatic carbocycles. The number of nitrogens with zero attached hydrogens (tertiary/aromatic N) is 3. The number of aliphatic hydroxyl groups is 1.